The average Bonchev–Trinajstić information content (AvgIpc) is 3.06. The molecule has 0 radical (unpaired) electrons. The summed E-state index contributed by atoms with van der Waals surface area (Å²) in [6.07, 6.45) is -0.219. The van der Waals surface area contributed by atoms with Crippen molar-refractivity contribution in [3.8, 4) is 0 Å². The van der Waals surface area contributed by atoms with E-state index in [1.54, 1.807) is 4.90 Å². The number of rotatable bonds is 19. The van der Waals surface area contributed by atoms with Gasteiger partial charge in [0.1, 0.15) is 11.6 Å². The van der Waals surface area contributed by atoms with E-state index in [4.69, 9.17) is 0 Å². The SMILES string of the molecule is CCCN(CCC)C(=O)c1cc(C(=O)N[C@@H](Cc2cc(F)cc(F)c2)[C@H](O)CNCc2cccc(CC)c2)cc(S(=O)(=O)NC[C@@H](C)O)c1. The van der Waals surface area contributed by atoms with Crippen LogP contribution in [0.1, 0.15) is 77.9 Å². The topological polar surface area (TPSA) is 148 Å². The van der Waals surface area contributed by atoms with Gasteiger partial charge >= 0.3 is 0 Å². The first-order chi connectivity index (χ1) is 23.3. The second-order valence-electron chi connectivity index (χ2n) is 12.2. The van der Waals surface area contributed by atoms with Crippen LogP contribution in [-0.2, 0) is 29.4 Å². The molecule has 13 heteroatoms. The van der Waals surface area contributed by atoms with E-state index in [-0.39, 0.29) is 41.1 Å². The second kappa shape index (κ2) is 18.9. The maximum Gasteiger partial charge on any atom is 0.253 e. The van der Waals surface area contributed by atoms with Crippen molar-refractivity contribution in [2.24, 2.45) is 0 Å². The van der Waals surface area contributed by atoms with Crippen LogP contribution in [0.5, 0.6) is 0 Å². The third-order valence-electron chi connectivity index (χ3n) is 7.81. The van der Waals surface area contributed by atoms with Crippen LogP contribution in [-0.4, -0.2) is 79.8 Å². The molecule has 2 amide bonds. The molecule has 3 atom stereocenters. The lowest BCUT2D eigenvalue weighted by Gasteiger charge is -2.26. The van der Waals surface area contributed by atoms with Crippen molar-refractivity contribution >= 4 is 21.8 Å². The summed E-state index contributed by atoms with van der Waals surface area (Å²) in [4.78, 5) is 28.6. The number of amides is 2. The smallest absolute Gasteiger partial charge is 0.253 e. The number of benzene rings is 3. The summed E-state index contributed by atoms with van der Waals surface area (Å²) in [6.45, 7) is 8.21. The normalized spacial score (nSPS) is 13.5. The molecule has 0 saturated heterocycles. The van der Waals surface area contributed by atoms with Gasteiger partial charge in [0.2, 0.25) is 10.0 Å². The van der Waals surface area contributed by atoms with E-state index in [1.165, 1.54) is 19.1 Å². The molecular weight excluding hydrogens is 654 g/mol. The van der Waals surface area contributed by atoms with Crippen molar-refractivity contribution in [3.63, 3.8) is 0 Å². The zero-order valence-corrected chi connectivity index (χ0v) is 29.3. The third-order valence-corrected chi connectivity index (χ3v) is 9.21. The van der Waals surface area contributed by atoms with E-state index in [1.807, 2.05) is 45.0 Å². The molecule has 0 bridgehead atoms. The molecule has 3 rings (SSSR count). The van der Waals surface area contributed by atoms with E-state index in [2.05, 4.69) is 15.4 Å². The fourth-order valence-electron chi connectivity index (χ4n) is 5.34. The molecule has 3 aromatic rings. The minimum absolute atomic E-state index is 0.00348. The molecule has 0 unspecified atom stereocenters. The van der Waals surface area contributed by atoms with Gasteiger partial charge < -0.3 is 25.7 Å². The zero-order valence-electron chi connectivity index (χ0n) is 28.5. The van der Waals surface area contributed by atoms with E-state index < -0.39 is 51.7 Å². The fourth-order valence-corrected chi connectivity index (χ4v) is 6.54. The number of carbonyl (C=O) groups is 2. The number of aliphatic hydroxyl groups excluding tert-OH is 2. The van der Waals surface area contributed by atoms with Crippen LogP contribution < -0.4 is 15.4 Å². The minimum Gasteiger partial charge on any atom is -0.392 e. The Kier molecular flexibility index (Phi) is 15.3. The Bertz CT molecular complexity index is 1640. The van der Waals surface area contributed by atoms with Crippen molar-refractivity contribution in [1.29, 1.82) is 0 Å². The standard InChI is InChI=1S/C36H48F2N4O6S/c1-5-11-42(12-6-2)36(46)29-17-28(18-32(19-29)49(47,48)40-21-24(4)43)35(45)41-33(16-27-14-30(37)20-31(38)15-27)34(44)23-39-22-26-10-8-9-25(7-3)13-26/h8-10,13-15,17-20,24,33-34,39-40,43-44H,5-7,11-12,16,21-23H2,1-4H3,(H,41,45)/t24-,33+,34-/m1/s1. The Morgan fingerprint density at radius 3 is 2.08 bits per heavy atom. The van der Waals surface area contributed by atoms with E-state index in [0.29, 0.717) is 32.5 Å². The van der Waals surface area contributed by atoms with Crippen LogP contribution in [0.25, 0.3) is 0 Å². The molecule has 10 nitrogen and oxygen atoms in total. The Balaban J connectivity index is 1.97. The first-order valence-corrected chi connectivity index (χ1v) is 18.1. The van der Waals surface area contributed by atoms with Crippen molar-refractivity contribution in [3.05, 3.63) is 100 Å². The lowest BCUT2D eigenvalue weighted by atomic mass is 9.99. The lowest BCUT2D eigenvalue weighted by Crippen LogP contribution is -2.48. The summed E-state index contributed by atoms with van der Waals surface area (Å²) in [5, 5.41) is 26.8. The number of nitrogens with zero attached hydrogens (tertiary/aromatic N) is 1. The quantitative estimate of drug-likeness (QED) is 0.127. The summed E-state index contributed by atoms with van der Waals surface area (Å²) in [5.41, 5.74) is 2.10. The van der Waals surface area contributed by atoms with Gasteiger partial charge in [-0.2, -0.15) is 0 Å². The van der Waals surface area contributed by atoms with Crippen LogP contribution in [0, 0.1) is 11.6 Å². The molecule has 0 saturated carbocycles. The van der Waals surface area contributed by atoms with Crippen molar-refractivity contribution < 1.29 is 37.0 Å². The van der Waals surface area contributed by atoms with Crippen LogP contribution in [0.15, 0.2) is 65.6 Å². The first kappa shape index (κ1) is 39.7. The highest BCUT2D eigenvalue weighted by atomic mass is 32.2. The second-order valence-corrected chi connectivity index (χ2v) is 13.9. The minimum atomic E-state index is -4.27. The van der Waals surface area contributed by atoms with Gasteiger partial charge in [-0.1, -0.05) is 45.0 Å². The first-order valence-electron chi connectivity index (χ1n) is 16.6. The predicted octanol–water partition coefficient (Wildman–Crippen LogP) is 3.94. The van der Waals surface area contributed by atoms with Crippen LogP contribution in [0.2, 0.25) is 0 Å². The number of hydrogen-bond acceptors (Lipinski definition) is 7. The van der Waals surface area contributed by atoms with Gasteiger partial charge in [0, 0.05) is 49.9 Å². The molecule has 0 aromatic heterocycles. The highest BCUT2D eigenvalue weighted by molar-refractivity contribution is 7.89. The molecule has 0 aliphatic heterocycles. The van der Waals surface area contributed by atoms with Crippen molar-refractivity contribution in [1.82, 2.24) is 20.3 Å². The number of hydrogen-bond donors (Lipinski definition) is 5. The summed E-state index contributed by atoms with van der Waals surface area (Å²) in [7, 11) is -4.27. The van der Waals surface area contributed by atoms with Gasteiger partial charge in [-0.3, -0.25) is 9.59 Å². The zero-order chi connectivity index (χ0) is 36.1. The fraction of sp³-hybridized carbons (Fsp3) is 0.444. The molecule has 49 heavy (non-hydrogen) atoms. The number of carbonyl (C=O) groups excluding carboxylic acids is 2. The highest BCUT2D eigenvalue weighted by Gasteiger charge is 2.27. The molecule has 268 valence electrons. The molecule has 0 fully saturated rings. The van der Waals surface area contributed by atoms with Crippen molar-refractivity contribution in [2.45, 2.75) is 83.1 Å². The number of aryl methyl sites for hydroxylation is 1. The van der Waals surface area contributed by atoms with Crippen LogP contribution in [0.4, 0.5) is 8.78 Å². The molecule has 5 N–H and O–H groups in total. The van der Waals surface area contributed by atoms with Crippen LogP contribution in [0.3, 0.4) is 0 Å². The van der Waals surface area contributed by atoms with Gasteiger partial charge in [0.25, 0.3) is 11.8 Å². The lowest BCUT2D eigenvalue weighted by molar-refractivity contribution is 0.0755. The molecule has 0 spiro atoms. The van der Waals surface area contributed by atoms with Gasteiger partial charge in [-0.05, 0) is 79.6 Å². The molecule has 0 aliphatic carbocycles. The number of nitrogens with one attached hydrogen (secondary N) is 3. The van der Waals surface area contributed by atoms with E-state index >= 15 is 0 Å². The summed E-state index contributed by atoms with van der Waals surface area (Å²) in [5.74, 6) is -2.92. The van der Waals surface area contributed by atoms with Gasteiger partial charge in [0.15, 0.2) is 0 Å². The molecule has 0 heterocycles. The molecular formula is C36H48F2N4O6S. The van der Waals surface area contributed by atoms with Gasteiger partial charge in [-0.25, -0.2) is 21.9 Å². The Labute approximate surface area is 288 Å². The average molecular weight is 703 g/mol. The van der Waals surface area contributed by atoms with E-state index in [0.717, 1.165) is 41.8 Å². The predicted molar refractivity (Wildman–Crippen MR) is 185 cm³/mol. The Hall–Kier alpha value is -3.75. The number of aliphatic hydroxyl groups is 2. The maximum absolute atomic E-state index is 14.1. The Morgan fingerprint density at radius 2 is 1.47 bits per heavy atom. The summed E-state index contributed by atoms with van der Waals surface area (Å²) < 4.78 is 56.9. The van der Waals surface area contributed by atoms with Crippen LogP contribution >= 0.6 is 0 Å². The van der Waals surface area contributed by atoms with E-state index in [9.17, 15) is 37.0 Å². The van der Waals surface area contributed by atoms with Gasteiger partial charge in [-0.15, -0.1) is 0 Å². The Morgan fingerprint density at radius 1 is 0.837 bits per heavy atom. The number of halogens is 2. The molecule has 3 aromatic carbocycles. The monoisotopic (exact) mass is 702 g/mol. The maximum atomic E-state index is 14.1. The molecule has 0 aliphatic rings. The number of sulfonamides is 1. The third kappa shape index (κ3) is 12.3. The largest absolute Gasteiger partial charge is 0.392 e. The summed E-state index contributed by atoms with van der Waals surface area (Å²) >= 11 is 0. The summed E-state index contributed by atoms with van der Waals surface area (Å²) in [6, 6.07) is 13.3. The highest BCUT2D eigenvalue weighted by Crippen LogP contribution is 2.19. The van der Waals surface area contributed by atoms with Crippen molar-refractivity contribution in [2.75, 3.05) is 26.2 Å². The van der Waals surface area contributed by atoms with Gasteiger partial charge in [0.05, 0.1) is 23.1 Å².